The number of aromatic hydroxyl groups is 1. The van der Waals surface area contributed by atoms with E-state index in [4.69, 9.17) is 19.2 Å². The Morgan fingerprint density at radius 1 is 1.08 bits per heavy atom. The Morgan fingerprint density at radius 2 is 1.86 bits per heavy atom. The van der Waals surface area contributed by atoms with Gasteiger partial charge in [-0.1, -0.05) is 39.8 Å². The molecule has 15 heteroatoms. The second-order valence-electron chi connectivity index (χ2n) is 18.9. The van der Waals surface area contributed by atoms with Gasteiger partial charge in [-0.25, -0.2) is 10.2 Å². The Labute approximate surface area is 376 Å². The highest BCUT2D eigenvalue weighted by atomic mass is 16.6. The van der Waals surface area contributed by atoms with Crippen LogP contribution in [-0.2, 0) is 48.0 Å². The summed E-state index contributed by atoms with van der Waals surface area (Å²) in [6.45, 7) is 14.4. The van der Waals surface area contributed by atoms with Gasteiger partial charge in [0.15, 0.2) is 0 Å². The first-order chi connectivity index (χ1) is 30.5. The number of fused-ring (bicyclic) bond motifs is 6. The number of carbonyl (C=O) groups is 4. The number of methoxy groups -OCH3 is 1. The molecule has 2 aromatic carbocycles. The summed E-state index contributed by atoms with van der Waals surface area (Å²) in [7, 11) is 5.18. The number of benzene rings is 2. The molecule has 0 aliphatic carbocycles. The number of pyridine rings is 1. The Morgan fingerprint density at radius 3 is 2.56 bits per heavy atom. The van der Waals surface area contributed by atoms with Gasteiger partial charge in [0.1, 0.15) is 30.0 Å². The van der Waals surface area contributed by atoms with Crippen molar-refractivity contribution in [3.8, 4) is 28.1 Å². The van der Waals surface area contributed by atoms with Gasteiger partial charge < -0.3 is 34.1 Å². The zero-order chi connectivity index (χ0) is 46.0. The van der Waals surface area contributed by atoms with Gasteiger partial charge >= 0.3 is 12.1 Å². The second kappa shape index (κ2) is 19.3. The second-order valence-corrected chi connectivity index (χ2v) is 18.9. The number of esters is 1. The SMILES string of the molecule is CCn1c(-c2cccnc2[C@H](C)OC)c2c3cc(ccc31)-c1cc(O)cc(c1)C[C@H](NC(=O)C(C(C)C)N(C)C(=O)O[C@H]1CCN(C)C1)C(=O)N1CCC[C@H](N1)C(=O)OCC(C)(C)C2. The van der Waals surface area contributed by atoms with Gasteiger partial charge in [0, 0.05) is 74.8 Å². The molecule has 4 aromatic rings. The first kappa shape index (κ1) is 46.5. The van der Waals surface area contributed by atoms with E-state index in [-0.39, 0.29) is 36.9 Å². The number of rotatable bonds is 9. The maximum atomic E-state index is 14.6. The Bertz CT molecular complexity index is 2380. The van der Waals surface area contributed by atoms with Crippen LogP contribution in [0, 0.1) is 11.3 Å². The number of phenolic OH excluding ortho intramolecular Hbond substituents is 1. The summed E-state index contributed by atoms with van der Waals surface area (Å²) in [5.41, 5.74) is 9.62. The maximum absolute atomic E-state index is 14.6. The first-order valence-electron chi connectivity index (χ1n) is 22.6. The Hall–Kier alpha value is -5.51. The number of nitrogens with one attached hydrogen (secondary N) is 2. The fourth-order valence-corrected chi connectivity index (χ4v) is 9.58. The zero-order valence-corrected chi connectivity index (χ0v) is 38.8. The lowest BCUT2D eigenvalue weighted by molar-refractivity contribution is -0.155. The topological polar surface area (TPSA) is 168 Å². The standard InChI is InChI=1S/C49H65N7O8/c1-10-55-41-16-15-32-25-37(41)38(44(55)36-13-11-18-50-42(36)30(4)62-9)26-49(5,6)28-63-47(60)39-14-12-19-56(52-39)46(59)40(23-31-21-33(32)24-34(57)22-31)51-45(58)43(29(2)3)54(8)48(61)64-35-17-20-53(7)27-35/h11,13,15-16,18,21-22,24-25,29-30,35,39-40,43,52,57H,10,12,14,17,19-20,23,26-28H2,1-9H3,(H,51,58)/t30-,35-,39-,40-,43?/m0/s1. The monoisotopic (exact) mass is 879 g/mol. The van der Waals surface area contributed by atoms with Crippen LogP contribution in [0.2, 0.25) is 0 Å². The van der Waals surface area contributed by atoms with Gasteiger partial charge in [-0.3, -0.25) is 29.3 Å². The van der Waals surface area contributed by atoms with Crippen LogP contribution in [0.4, 0.5) is 4.79 Å². The lowest BCUT2D eigenvalue weighted by Gasteiger charge is -2.36. The van der Waals surface area contributed by atoms with Crippen molar-refractivity contribution < 1.29 is 38.5 Å². The molecule has 0 spiro atoms. The van der Waals surface area contributed by atoms with Gasteiger partial charge in [0.2, 0.25) is 5.91 Å². The third-order valence-electron chi connectivity index (χ3n) is 12.9. The predicted molar refractivity (Wildman–Crippen MR) is 244 cm³/mol. The highest BCUT2D eigenvalue weighted by Gasteiger charge is 2.39. The molecule has 7 rings (SSSR count). The van der Waals surface area contributed by atoms with Crippen molar-refractivity contribution in [2.75, 3.05) is 47.4 Å². The van der Waals surface area contributed by atoms with E-state index in [0.29, 0.717) is 50.9 Å². The summed E-state index contributed by atoms with van der Waals surface area (Å²) in [5, 5.41) is 16.7. The number of hydrogen-bond donors (Lipinski definition) is 3. The van der Waals surface area contributed by atoms with E-state index < -0.39 is 47.4 Å². The molecule has 3 N–H and O–H groups in total. The number of nitrogens with zero attached hydrogens (tertiary/aromatic N) is 5. The minimum atomic E-state index is -1.14. The van der Waals surface area contributed by atoms with Gasteiger partial charge in [-0.15, -0.1) is 0 Å². The van der Waals surface area contributed by atoms with Crippen LogP contribution < -0.4 is 10.7 Å². The number of phenols is 1. The van der Waals surface area contributed by atoms with Crippen LogP contribution in [0.1, 0.15) is 83.7 Å². The molecule has 2 aromatic heterocycles. The van der Waals surface area contributed by atoms with E-state index in [0.717, 1.165) is 51.1 Å². The van der Waals surface area contributed by atoms with Crippen LogP contribution in [0.3, 0.4) is 0 Å². The molecule has 64 heavy (non-hydrogen) atoms. The molecule has 1 unspecified atom stereocenters. The fraction of sp³-hybridized carbons (Fsp3) is 0.531. The normalized spacial score (nSPS) is 21.6. The summed E-state index contributed by atoms with van der Waals surface area (Å²) in [4.78, 5) is 64.5. The molecule has 0 saturated carbocycles. The number of aromatic nitrogens is 2. The van der Waals surface area contributed by atoms with Gasteiger partial charge in [0.25, 0.3) is 5.91 Å². The van der Waals surface area contributed by atoms with Gasteiger partial charge in [-0.05, 0) is 111 Å². The van der Waals surface area contributed by atoms with Gasteiger partial charge in [0.05, 0.1) is 24.1 Å². The summed E-state index contributed by atoms with van der Waals surface area (Å²) in [6.07, 6.45) is 2.84. The van der Waals surface area contributed by atoms with Crippen molar-refractivity contribution in [3.05, 3.63) is 71.5 Å². The van der Waals surface area contributed by atoms with E-state index in [9.17, 15) is 24.3 Å². The highest BCUT2D eigenvalue weighted by molar-refractivity contribution is 5.96. The first-order valence-corrected chi connectivity index (χ1v) is 22.6. The number of carbonyl (C=O) groups excluding carboxylic acids is 4. The number of ether oxygens (including phenoxy) is 3. The number of hydrazine groups is 1. The molecule has 6 bridgehead atoms. The van der Waals surface area contributed by atoms with E-state index in [1.807, 2.05) is 46.0 Å². The minimum Gasteiger partial charge on any atom is -0.508 e. The molecule has 2 fully saturated rings. The van der Waals surface area contributed by atoms with Crippen molar-refractivity contribution >= 4 is 34.8 Å². The van der Waals surface area contributed by atoms with Crippen molar-refractivity contribution in [2.24, 2.45) is 11.3 Å². The molecule has 344 valence electrons. The van der Waals surface area contributed by atoms with Crippen LogP contribution in [0.25, 0.3) is 33.3 Å². The third kappa shape index (κ3) is 9.91. The highest BCUT2D eigenvalue weighted by Crippen LogP contribution is 2.42. The number of aryl methyl sites for hydroxylation is 1. The van der Waals surface area contributed by atoms with Crippen molar-refractivity contribution in [3.63, 3.8) is 0 Å². The molecule has 3 aliphatic heterocycles. The number of cyclic esters (lactones) is 1. The van der Waals surface area contributed by atoms with E-state index in [1.165, 1.54) is 17.0 Å². The summed E-state index contributed by atoms with van der Waals surface area (Å²) in [6, 6.07) is 12.6. The molecule has 5 heterocycles. The smallest absolute Gasteiger partial charge is 0.410 e. The number of hydrogen-bond acceptors (Lipinski definition) is 11. The average molecular weight is 880 g/mol. The van der Waals surface area contributed by atoms with E-state index in [1.54, 1.807) is 25.4 Å². The predicted octanol–water partition coefficient (Wildman–Crippen LogP) is 6.25. The molecule has 15 nitrogen and oxygen atoms in total. The number of likely N-dealkylation sites (N-methyl/N-ethyl adjacent to an activating group) is 2. The molecular weight excluding hydrogens is 815 g/mol. The molecule has 3 amide bonds. The van der Waals surface area contributed by atoms with Gasteiger partial charge in [-0.2, -0.15) is 0 Å². The Balaban J connectivity index is 1.32. The van der Waals surface area contributed by atoms with Crippen LogP contribution in [-0.4, -0.2) is 125 Å². The van der Waals surface area contributed by atoms with E-state index >= 15 is 0 Å². The molecule has 5 atom stereocenters. The zero-order valence-electron chi connectivity index (χ0n) is 38.8. The summed E-state index contributed by atoms with van der Waals surface area (Å²) < 4.78 is 20.0. The third-order valence-corrected chi connectivity index (χ3v) is 12.9. The molecule has 0 radical (unpaired) electrons. The average Bonchev–Trinajstić information content (AvgIpc) is 3.82. The quantitative estimate of drug-likeness (QED) is 0.163. The maximum Gasteiger partial charge on any atom is 0.410 e. The lowest BCUT2D eigenvalue weighted by atomic mass is 9.84. The number of amides is 3. The molecule has 3 aliphatic rings. The van der Waals surface area contributed by atoms with Crippen molar-refractivity contribution in [2.45, 2.75) is 111 Å². The molecular formula is C49H65N7O8. The fourth-order valence-electron chi connectivity index (χ4n) is 9.58. The largest absolute Gasteiger partial charge is 0.508 e. The van der Waals surface area contributed by atoms with Crippen molar-refractivity contribution in [1.29, 1.82) is 0 Å². The molecule has 2 saturated heterocycles. The summed E-state index contributed by atoms with van der Waals surface area (Å²) >= 11 is 0. The number of likely N-dealkylation sites (tertiary alicyclic amines) is 1. The Kier molecular flexibility index (Phi) is 14.0. The van der Waals surface area contributed by atoms with Crippen LogP contribution >= 0.6 is 0 Å². The lowest BCUT2D eigenvalue weighted by Crippen LogP contribution is -2.62. The van der Waals surface area contributed by atoms with Crippen LogP contribution in [0.15, 0.2) is 54.7 Å². The van der Waals surface area contributed by atoms with E-state index in [2.05, 4.69) is 59.2 Å². The summed E-state index contributed by atoms with van der Waals surface area (Å²) in [5.74, 6) is -1.80. The van der Waals surface area contributed by atoms with Crippen molar-refractivity contribution in [1.82, 2.24) is 35.1 Å². The minimum absolute atomic E-state index is 0.000237. The van der Waals surface area contributed by atoms with Crippen LogP contribution in [0.5, 0.6) is 5.75 Å².